The van der Waals surface area contributed by atoms with E-state index in [4.69, 9.17) is 4.74 Å². The first-order chi connectivity index (χ1) is 8.29. The predicted octanol–water partition coefficient (Wildman–Crippen LogP) is 2.79. The van der Waals surface area contributed by atoms with Crippen LogP contribution in [0.15, 0.2) is 18.2 Å². The first-order valence-corrected chi connectivity index (χ1v) is 5.04. The van der Waals surface area contributed by atoms with Crippen molar-refractivity contribution in [1.82, 2.24) is 0 Å². The topological polar surface area (TPSA) is 38.7 Å². The summed E-state index contributed by atoms with van der Waals surface area (Å²) in [7, 11) is 0. The molecule has 0 amide bonds. The molecular formula is C11H12F4O3. The molecule has 18 heavy (non-hydrogen) atoms. The second kappa shape index (κ2) is 6.01. The number of ether oxygens (including phenoxy) is 2. The molecule has 102 valence electrons. The van der Waals surface area contributed by atoms with Crippen LogP contribution in [0.25, 0.3) is 0 Å². The summed E-state index contributed by atoms with van der Waals surface area (Å²) in [6.07, 6.45) is -5.43. The molecule has 0 spiro atoms. The normalized spacial score (nSPS) is 13.4. The van der Waals surface area contributed by atoms with Gasteiger partial charge in [-0.15, -0.1) is 0 Å². The smallest absolute Gasteiger partial charge is 0.411 e. The summed E-state index contributed by atoms with van der Waals surface area (Å²) in [6.45, 7) is -0.679. The molecule has 0 fully saturated rings. The molecule has 3 nitrogen and oxygen atoms in total. The zero-order valence-corrected chi connectivity index (χ0v) is 9.50. The SMILES string of the molecule is C[C@H](O)c1cc(F)ccc1OCOCC(F)(F)F. The van der Waals surface area contributed by atoms with Gasteiger partial charge >= 0.3 is 6.18 Å². The van der Waals surface area contributed by atoms with Gasteiger partial charge in [0.25, 0.3) is 0 Å². The maximum Gasteiger partial charge on any atom is 0.411 e. The van der Waals surface area contributed by atoms with Crippen LogP contribution in [0.2, 0.25) is 0 Å². The lowest BCUT2D eigenvalue weighted by atomic mass is 10.1. The minimum atomic E-state index is -4.43. The molecule has 1 aromatic carbocycles. The third kappa shape index (κ3) is 4.89. The van der Waals surface area contributed by atoms with Gasteiger partial charge in [-0.1, -0.05) is 0 Å². The second-order valence-electron chi connectivity index (χ2n) is 3.58. The Labute approximate surface area is 101 Å². The number of halogens is 4. The molecule has 0 aliphatic carbocycles. The Morgan fingerprint density at radius 3 is 2.56 bits per heavy atom. The van der Waals surface area contributed by atoms with Gasteiger partial charge in [-0.25, -0.2) is 4.39 Å². The van der Waals surface area contributed by atoms with Crippen LogP contribution in [0, 0.1) is 5.82 Å². The van der Waals surface area contributed by atoms with Gasteiger partial charge in [-0.2, -0.15) is 13.2 Å². The minimum absolute atomic E-state index is 0.0774. The standard InChI is InChI=1S/C11H12F4O3/c1-7(16)9-4-8(12)2-3-10(9)18-6-17-5-11(13,14)15/h2-4,7,16H,5-6H2,1H3/t7-/m0/s1. The summed E-state index contributed by atoms with van der Waals surface area (Å²) in [5, 5.41) is 9.35. The lowest BCUT2D eigenvalue weighted by Gasteiger charge is -2.14. The van der Waals surface area contributed by atoms with E-state index in [9.17, 15) is 22.7 Å². The van der Waals surface area contributed by atoms with E-state index in [1.165, 1.54) is 13.0 Å². The molecule has 0 radical (unpaired) electrons. The van der Waals surface area contributed by atoms with Gasteiger partial charge in [-0.3, -0.25) is 0 Å². The van der Waals surface area contributed by atoms with E-state index < -0.39 is 31.5 Å². The summed E-state index contributed by atoms with van der Waals surface area (Å²) in [5.74, 6) is -0.497. The number of alkyl halides is 3. The Hall–Kier alpha value is -1.34. The van der Waals surface area contributed by atoms with Crippen molar-refractivity contribution in [1.29, 1.82) is 0 Å². The average Bonchev–Trinajstić information content (AvgIpc) is 2.24. The number of aliphatic hydroxyl groups is 1. The fourth-order valence-electron chi connectivity index (χ4n) is 1.24. The zero-order valence-electron chi connectivity index (χ0n) is 9.50. The Bertz CT molecular complexity index is 390. The highest BCUT2D eigenvalue weighted by molar-refractivity contribution is 5.35. The fraction of sp³-hybridized carbons (Fsp3) is 0.455. The van der Waals surface area contributed by atoms with E-state index in [1.54, 1.807) is 0 Å². The van der Waals surface area contributed by atoms with Crippen molar-refractivity contribution in [2.75, 3.05) is 13.4 Å². The van der Waals surface area contributed by atoms with Crippen molar-refractivity contribution in [2.24, 2.45) is 0 Å². The van der Waals surface area contributed by atoms with Crippen molar-refractivity contribution in [3.8, 4) is 5.75 Å². The molecule has 0 aliphatic heterocycles. The molecule has 1 N–H and O–H groups in total. The van der Waals surface area contributed by atoms with Crippen LogP contribution < -0.4 is 4.74 Å². The maximum atomic E-state index is 12.9. The lowest BCUT2D eigenvalue weighted by molar-refractivity contribution is -0.186. The summed E-state index contributed by atoms with van der Waals surface area (Å²) in [4.78, 5) is 0. The van der Waals surface area contributed by atoms with E-state index in [0.717, 1.165) is 12.1 Å². The lowest BCUT2D eigenvalue weighted by Crippen LogP contribution is -2.19. The molecule has 1 atom stereocenters. The van der Waals surface area contributed by atoms with Crippen molar-refractivity contribution < 1.29 is 32.1 Å². The molecule has 0 saturated heterocycles. The Balaban J connectivity index is 2.57. The van der Waals surface area contributed by atoms with E-state index in [1.807, 2.05) is 0 Å². The average molecular weight is 268 g/mol. The van der Waals surface area contributed by atoms with Gasteiger partial charge in [0.2, 0.25) is 0 Å². The number of benzene rings is 1. The van der Waals surface area contributed by atoms with Crippen LogP contribution in [0.5, 0.6) is 5.75 Å². The molecule has 1 aromatic rings. The van der Waals surface area contributed by atoms with Crippen molar-refractivity contribution in [3.05, 3.63) is 29.6 Å². The van der Waals surface area contributed by atoms with Gasteiger partial charge in [0.1, 0.15) is 18.2 Å². The van der Waals surface area contributed by atoms with Gasteiger partial charge in [-0.05, 0) is 25.1 Å². The van der Waals surface area contributed by atoms with E-state index in [2.05, 4.69) is 4.74 Å². The number of hydrogen-bond acceptors (Lipinski definition) is 3. The maximum absolute atomic E-state index is 12.9. The second-order valence-corrected chi connectivity index (χ2v) is 3.58. The summed E-state index contributed by atoms with van der Waals surface area (Å²) in [5.41, 5.74) is 0.144. The van der Waals surface area contributed by atoms with E-state index >= 15 is 0 Å². The number of rotatable bonds is 5. The molecule has 1 rings (SSSR count). The molecule has 0 aromatic heterocycles. The predicted molar refractivity (Wildman–Crippen MR) is 54.5 cm³/mol. The molecule has 0 saturated carbocycles. The van der Waals surface area contributed by atoms with Crippen LogP contribution in [-0.2, 0) is 4.74 Å². The molecule has 0 bridgehead atoms. The highest BCUT2D eigenvalue weighted by Crippen LogP contribution is 2.26. The van der Waals surface area contributed by atoms with Crippen LogP contribution in [0.1, 0.15) is 18.6 Å². The highest BCUT2D eigenvalue weighted by atomic mass is 19.4. The highest BCUT2D eigenvalue weighted by Gasteiger charge is 2.27. The quantitative estimate of drug-likeness (QED) is 0.507. The number of hydrogen-bond donors (Lipinski definition) is 1. The largest absolute Gasteiger partial charge is 0.467 e. The monoisotopic (exact) mass is 268 g/mol. The van der Waals surface area contributed by atoms with E-state index in [-0.39, 0.29) is 11.3 Å². The Kier molecular flexibility index (Phi) is 4.92. The molecule has 0 unspecified atom stereocenters. The summed E-state index contributed by atoms with van der Waals surface area (Å²) >= 11 is 0. The van der Waals surface area contributed by atoms with Gasteiger partial charge in [0.15, 0.2) is 6.79 Å². The van der Waals surface area contributed by atoms with E-state index in [0.29, 0.717) is 0 Å². The minimum Gasteiger partial charge on any atom is -0.467 e. The van der Waals surface area contributed by atoms with Gasteiger partial charge < -0.3 is 14.6 Å². The summed E-state index contributed by atoms with van der Waals surface area (Å²) in [6, 6.07) is 3.34. The summed E-state index contributed by atoms with van der Waals surface area (Å²) < 4.78 is 57.4. The van der Waals surface area contributed by atoms with Crippen LogP contribution in [0.3, 0.4) is 0 Å². The fourth-order valence-corrected chi connectivity index (χ4v) is 1.24. The van der Waals surface area contributed by atoms with Gasteiger partial charge in [0.05, 0.1) is 6.10 Å². The zero-order chi connectivity index (χ0) is 13.8. The van der Waals surface area contributed by atoms with Crippen LogP contribution in [-0.4, -0.2) is 24.7 Å². The van der Waals surface area contributed by atoms with Crippen LogP contribution in [0.4, 0.5) is 17.6 Å². The van der Waals surface area contributed by atoms with Crippen molar-refractivity contribution in [3.63, 3.8) is 0 Å². The number of aliphatic hydroxyl groups excluding tert-OH is 1. The molecule has 7 heteroatoms. The third-order valence-corrected chi connectivity index (χ3v) is 1.99. The first kappa shape index (κ1) is 14.7. The molecule has 0 heterocycles. The molecule has 0 aliphatic rings. The molecular weight excluding hydrogens is 256 g/mol. The van der Waals surface area contributed by atoms with Crippen LogP contribution >= 0.6 is 0 Å². The third-order valence-electron chi connectivity index (χ3n) is 1.99. The first-order valence-electron chi connectivity index (χ1n) is 5.04. The Morgan fingerprint density at radius 2 is 2.00 bits per heavy atom. The van der Waals surface area contributed by atoms with Gasteiger partial charge in [0, 0.05) is 5.56 Å². The van der Waals surface area contributed by atoms with Crippen molar-refractivity contribution in [2.45, 2.75) is 19.2 Å². The Morgan fingerprint density at radius 1 is 1.33 bits per heavy atom. The van der Waals surface area contributed by atoms with Crippen molar-refractivity contribution >= 4 is 0 Å².